The fraction of sp³-hybridized carbons (Fsp3) is 0.531. The molecule has 6 nitrogen and oxygen atoms in total. The van der Waals surface area contributed by atoms with Crippen LogP contribution in [0.4, 0.5) is 0 Å². The van der Waals surface area contributed by atoms with Crippen molar-refractivity contribution in [2.24, 2.45) is 0 Å². The van der Waals surface area contributed by atoms with Crippen molar-refractivity contribution in [1.82, 2.24) is 4.90 Å². The van der Waals surface area contributed by atoms with E-state index in [9.17, 15) is 24.6 Å². The Bertz CT molecular complexity index is 1190. The molecule has 38 heavy (non-hydrogen) atoms. The van der Waals surface area contributed by atoms with Crippen molar-refractivity contribution in [2.75, 3.05) is 7.05 Å². The minimum atomic E-state index is -1.05. The Balaban J connectivity index is 1.93. The molecule has 1 saturated carbocycles. The third-order valence-corrected chi connectivity index (χ3v) is 8.83. The van der Waals surface area contributed by atoms with Crippen LogP contribution in [-0.4, -0.2) is 51.5 Å². The Morgan fingerprint density at radius 2 is 1.42 bits per heavy atom. The summed E-state index contributed by atoms with van der Waals surface area (Å²) in [4.78, 5) is 38.8. The average molecular weight is 522 g/mol. The second kappa shape index (κ2) is 11.8. The van der Waals surface area contributed by atoms with Crippen LogP contribution in [-0.2, 0) is 10.2 Å². The molecule has 0 aromatic heterocycles. The van der Waals surface area contributed by atoms with Gasteiger partial charge in [-0.15, -0.1) is 0 Å². The lowest BCUT2D eigenvalue weighted by Crippen LogP contribution is -2.40. The molecule has 206 valence electrons. The second-order valence-corrected chi connectivity index (χ2v) is 11.2. The molecule has 0 bridgehead atoms. The number of carbonyl (C=O) groups is 3. The SMILES string of the molecule is CCC(CC)(c1ccc(C(=O)CC2(O)CCCCC2)c(C)c1)c1ccc(C(=O)N(C)C(C)C(=O)O)c(C)c1. The second-order valence-electron chi connectivity index (χ2n) is 11.2. The molecule has 0 spiro atoms. The van der Waals surface area contributed by atoms with Gasteiger partial charge in [-0.05, 0) is 74.8 Å². The van der Waals surface area contributed by atoms with E-state index in [1.165, 1.54) is 18.9 Å². The Labute approximate surface area is 227 Å². The van der Waals surface area contributed by atoms with Gasteiger partial charge in [-0.3, -0.25) is 9.59 Å². The van der Waals surface area contributed by atoms with E-state index in [0.29, 0.717) is 24.0 Å². The quantitative estimate of drug-likeness (QED) is 0.362. The number of carbonyl (C=O) groups excluding carboxylic acids is 2. The highest BCUT2D eigenvalue weighted by Crippen LogP contribution is 2.41. The fourth-order valence-corrected chi connectivity index (χ4v) is 6.02. The third kappa shape index (κ3) is 5.85. The van der Waals surface area contributed by atoms with E-state index in [4.69, 9.17) is 0 Å². The number of aliphatic hydroxyl groups is 1. The van der Waals surface area contributed by atoms with Gasteiger partial charge >= 0.3 is 5.97 Å². The number of nitrogens with zero attached hydrogens (tertiary/aromatic N) is 1. The molecule has 2 aromatic carbocycles. The molecule has 1 unspecified atom stereocenters. The number of aliphatic carboxylic acids is 1. The number of carboxylic acid groups (broad SMARTS) is 1. The van der Waals surface area contributed by atoms with Crippen LogP contribution in [0.15, 0.2) is 36.4 Å². The lowest BCUT2D eigenvalue weighted by Gasteiger charge is -2.35. The molecule has 0 heterocycles. The summed E-state index contributed by atoms with van der Waals surface area (Å²) in [5.74, 6) is -1.37. The van der Waals surface area contributed by atoms with Crippen LogP contribution >= 0.6 is 0 Å². The van der Waals surface area contributed by atoms with Gasteiger partial charge in [-0.2, -0.15) is 0 Å². The number of benzene rings is 2. The van der Waals surface area contributed by atoms with Gasteiger partial charge in [0, 0.05) is 30.0 Å². The van der Waals surface area contributed by atoms with Crippen molar-refractivity contribution >= 4 is 17.7 Å². The van der Waals surface area contributed by atoms with Crippen LogP contribution in [0, 0.1) is 13.8 Å². The average Bonchev–Trinajstić information content (AvgIpc) is 2.88. The Kier molecular flexibility index (Phi) is 9.19. The van der Waals surface area contributed by atoms with Crippen LogP contribution in [0.25, 0.3) is 0 Å². The minimum Gasteiger partial charge on any atom is -0.480 e. The van der Waals surface area contributed by atoms with E-state index in [-0.39, 0.29) is 23.5 Å². The summed E-state index contributed by atoms with van der Waals surface area (Å²) in [6.07, 6.45) is 6.26. The molecule has 2 aromatic rings. The number of aryl methyl sites for hydroxylation is 2. The third-order valence-electron chi connectivity index (χ3n) is 8.83. The zero-order valence-corrected chi connectivity index (χ0v) is 23.8. The molecular weight excluding hydrogens is 478 g/mol. The number of hydrogen-bond donors (Lipinski definition) is 2. The largest absolute Gasteiger partial charge is 0.480 e. The monoisotopic (exact) mass is 521 g/mol. The van der Waals surface area contributed by atoms with Crippen molar-refractivity contribution in [1.29, 1.82) is 0 Å². The van der Waals surface area contributed by atoms with Gasteiger partial charge in [0.25, 0.3) is 5.91 Å². The molecule has 1 amide bonds. The van der Waals surface area contributed by atoms with Crippen molar-refractivity contribution in [3.05, 3.63) is 69.8 Å². The minimum absolute atomic E-state index is 0.00420. The highest BCUT2D eigenvalue weighted by atomic mass is 16.4. The molecule has 0 aliphatic heterocycles. The molecule has 3 rings (SSSR count). The van der Waals surface area contributed by atoms with Crippen molar-refractivity contribution in [3.63, 3.8) is 0 Å². The number of hydrogen-bond acceptors (Lipinski definition) is 4. The summed E-state index contributed by atoms with van der Waals surface area (Å²) in [5, 5.41) is 20.2. The fourth-order valence-electron chi connectivity index (χ4n) is 6.02. The van der Waals surface area contributed by atoms with Crippen LogP contribution < -0.4 is 0 Å². The van der Waals surface area contributed by atoms with Gasteiger partial charge in [-0.1, -0.05) is 63.4 Å². The maximum Gasteiger partial charge on any atom is 0.326 e. The summed E-state index contributed by atoms with van der Waals surface area (Å²) < 4.78 is 0. The first kappa shape index (κ1) is 29.6. The molecule has 1 aliphatic carbocycles. The number of amides is 1. The number of rotatable bonds is 10. The van der Waals surface area contributed by atoms with E-state index in [0.717, 1.165) is 54.4 Å². The number of carboxylic acids is 1. The van der Waals surface area contributed by atoms with E-state index < -0.39 is 17.6 Å². The maximum atomic E-state index is 13.2. The van der Waals surface area contributed by atoms with Gasteiger partial charge in [0.05, 0.1) is 5.60 Å². The van der Waals surface area contributed by atoms with Crippen LogP contribution in [0.5, 0.6) is 0 Å². The van der Waals surface area contributed by atoms with Crippen LogP contribution in [0.1, 0.15) is 115 Å². The van der Waals surface area contributed by atoms with Gasteiger partial charge in [0.1, 0.15) is 6.04 Å². The highest BCUT2D eigenvalue weighted by molar-refractivity contribution is 5.98. The van der Waals surface area contributed by atoms with E-state index in [1.54, 1.807) is 6.07 Å². The van der Waals surface area contributed by atoms with E-state index >= 15 is 0 Å². The Morgan fingerprint density at radius 1 is 0.921 bits per heavy atom. The molecule has 0 radical (unpaired) electrons. The first-order valence-corrected chi connectivity index (χ1v) is 13.9. The molecule has 1 atom stereocenters. The zero-order valence-electron chi connectivity index (χ0n) is 23.8. The smallest absolute Gasteiger partial charge is 0.326 e. The van der Waals surface area contributed by atoms with Gasteiger partial charge in [-0.25, -0.2) is 4.79 Å². The normalized spacial score (nSPS) is 16.1. The predicted octanol–water partition coefficient (Wildman–Crippen LogP) is 6.22. The number of ketones is 1. The Hall–Kier alpha value is -2.99. The van der Waals surface area contributed by atoms with Crippen molar-refractivity contribution in [2.45, 2.75) is 103 Å². The molecule has 1 fully saturated rings. The molecule has 2 N–H and O–H groups in total. The first-order valence-electron chi connectivity index (χ1n) is 13.9. The summed E-state index contributed by atoms with van der Waals surface area (Å²) in [6, 6.07) is 10.9. The molecule has 6 heteroatoms. The Morgan fingerprint density at radius 3 is 1.87 bits per heavy atom. The number of likely N-dealkylation sites (N-methyl/N-ethyl adjacent to an activating group) is 1. The molecule has 0 saturated heterocycles. The van der Waals surface area contributed by atoms with Crippen LogP contribution in [0.2, 0.25) is 0 Å². The zero-order chi connectivity index (χ0) is 28.3. The van der Waals surface area contributed by atoms with Gasteiger partial charge in [0.15, 0.2) is 5.78 Å². The molecular formula is C32H43NO5. The van der Waals surface area contributed by atoms with E-state index in [2.05, 4.69) is 19.9 Å². The number of Topliss-reactive ketones (excluding diaryl/α,β-unsaturated/α-hetero) is 1. The standard InChI is InChI=1S/C32H43NO5/c1-7-32(8-2,25-13-15-27(22(4)19-25)29(35)33(6)23(5)30(36)37)24-12-14-26(21(3)18-24)28(34)20-31(38)16-10-9-11-17-31/h12-15,18-19,23,38H,7-11,16-17,20H2,1-6H3,(H,36,37). The van der Waals surface area contributed by atoms with Gasteiger partial charge < -0.3 is 15.1 Å². The summed E-state index contributed by atoms with van der Waals surface area (Å²) in [6.45, 7) is 9.63. The summed E-state index contributed by atoms with van der Waals surface area (Å²) >= 11 is 0. The lowest BCUT2D eigenvalue weighted by molar-refractivity contribution is -0.141. The topological polar surface area (TPSA) is 94.9 Å². The summed E-state index contributed by atoms with van der Waals surface area (Å²) in [7, 11) is 1.51. The lowest BCUT2D eigenvalue weighted by atomic mass is 9.69. The first-order chi connectivity index (χ1) is 17.9. The van der Waals surface area contributed by atoms with E-state index in [1.807, 2.05) is 38.1 Å². The van der Waals surface area contributed by atoms with Crippen molar-refractivity contribution < 1.29 is 24.6 Å². The predicted molar refractivity (Wildman–Crippen MR) is 150 cm³/mol. The van der Waals surface area contributed by atoms with Crippen molar-refractivity contribution in [3.8, 4) is 0 Å². The summed E-state index contributed by atoms with van der Waals surface area (Å²) in [5.41, 5.74) is 3.87. The molecule has 1 aliphatic rings. The van der Waals surface area contributed by atoms with Gasteiger partial charge in [0.2, 0.25) is 0 Å². The van der Waals surface area contributed by atoms with Crippen LogP contribution in [0.3, 0.4) is 0 Å². The maximum absolute atomic E-state index is 13.2. The highest BCUT2D eigenvalue weighted by Gasteiger charge is 2.35.